The fourth-order valence-electron chi connectivity index (χ4n) is 4.49. The van der Waals surface area contributed by atoms with Crippen LogP contribution in [0.5, 0.6) is 0 Å². The van der Waals surface area contributed by atoms with E-state index in [2.05, 4.69) is 34.1 Å². The van der Waals surface area contributed by atoms with Crippen molar-refractivity contribution in [2.75, 3.05) is 32.7 Å². The maximum atomic E-state index is 13.2. The molecule has 5 rings (SSSR count). The molecule has 1 aliphatic heterocycles. The van der Waals surface area contributed by atoms with Crippen molar-refractivity contribution in [3.8, 4) is 0 Å². The van der Waals surface area contributed by atoms with Crippen molar-refractivity contribution in [3.63, 3.8) is 0 Å². The van der Waals surface area contributed by atoms with Crippen LogP contribution in [-0.4, -0.2) is 59.2 Å². The third kappa shape index (κ3) is 5.45. The van der Waals surface area contributed by atoms with Crippen molar-refractivity contribution >= 4 is 35.0 Å². The Balaban J connectivity index is 0.00000289. The number of ketones is 1. The quantitative estimate of drug-likeness (QED) is 0.388. The number of fused-ring (bicyclic) bond motifs is 1. The zero-order valence-corrected chi connectivity index (χ0v) is 20.1. The van der Waals surface area contributed by atoms with Gasteiger partial charge in [0.05, 0.1) is 0 Å². The van der Waals surface area contributed by atoms with Crippen LogP contribution in [0.25, 0.3) is 10.9 Å². The molecule has 1 N–H and O–H groups in total. The van der Waals surface area contributed by atoms with Gasteiger partial charge in [-0.15, -0.1) is 12.4 Å². The first kappa shape index (κ1) is 24.6. The summed E-state index contributed by atoms with van der Waals surface area (Å²) in [5.41, 5.74) is 3.56. The summed E-state index contributed by atoms with van der Waals surface area (Å²) in [7, 11) is 0. The summed E-state index contributed by atoms with van der Waals surface area (Å²) in [6.45, 7) is 4.04. The average Bonchev–Trinajstić information content (AvgIpc) is 3.31. The number of carbonyl (C=O) groups is 2. The van der Waals surface area contributed by atoms with Crippen LogP contribution in [0.2, 0.25) is 0 Å². The molecule has 0 spiro atoms. The lowest BCUT2D eigenvalue weighted by atomic mass is 10.0. The molecule has 0 aliphatic carbocycles. The van der Waals surface area contributed by atoms with Gasteiger partial charge in [0.2, 0.25) is 0 Å². The molecule has 1 amide bonds. The van der Waals surface area contributed by atoms with Gasteiger partial charge in [-0.25, -0.2) is 4.39 Å². The van der Waals surface area contributed by atoms with Gasteiger partial charge in [0, 0.05) is 66.5 Å². The van der Waals surface area contributed by atoms with Crippen molar-refractivity contribution in [1.29, 1.82) is 0 Å². The van der Waals surface area contributed by atoms with Crippen LogP contribution >= 0.6 is 12.4 Å². The number of hydrogen-bond donors (Lipinski definition) is 1. The highest BCUT2D eigenvalue weighted by Gasteiger charge is 2.23. The zero-order chi connectivity index (χ0) is 23.5. The van der Waals surface area contributed by atoms with Crippen molar-refractivity contribution in [2.45, 2.75) is 6.42 Å². The number of nitrogens with one attached hydrogen (secondary N) is 1. The Kier molecular flexibility index (Phi) is 7.63. The summed E-state index contributed by atoms with van der Waals surface area (Å²) in [5.74, 6) is -0.614. The number of rotatable bonds is 6. The number of H-pyrrole nitrogens is 1. The monoisotopic (exact) mass is 491 g/mol. The number of aromatic amines is 1. The van der Waals surface area contributed by atoms with Crippen LogP contribution in [0.15, 0.2) is 79.0 Å². The minimum atomic E-state index is -0.386. The van der Waals surface area contributed by atoms with E-state index >= 15 is 0 Å². The number of carbonyl (C=O) groups excluding carboxylic acids is 2. The first-order valence-electron chi connectivity index (χ1n) is 11.6. The van der Waals surface area contributed by atoms with E-state index in [1.165, 1.54) is 29.8 Å². The van der Waals surface area contributed by atoms with Crippen LogP contribution in [0.3, 0.4) is 0 Å². The Morgan fingerprint density at radius 2 is 1.54 bits per heavy atom. The topological polar surface area (TPSA) is 56.4 Å². The molecule has 5 nitrogen and oxygen atoms in total. The number of amides is 1. The zero-order valence-electron chi connectivity index (χ0n) is 19.2. The molecule has 0 saturated carbocycles. The number of benzene rings is 3. The molecular formula is C28H27ClFN3O2. The minimum absolute atomic E-state index is 0. The Labute approximate surface area is 210 Å². The molecule has 0 radical (unpaired) electrons. The van der Waals surface area contributed by atoms with Gasteiger partial charge >= 0.3 is 0 Å². The molecule has 1 saturated heterocycles. The van der Waals surface area contributed by atoms with Crippen LogP contribution in [0.4, 0.5) is 4.39 Å². The van der Waals surface area contributed by atoms with E-state index in [-0.39, 0.29) is 29.9 Å². The van der Waals surface area contributed by atoms with Crippen molar-refractivity contribution in [2.24, 2.45) is 0 Å². The molecule has 4 aromatic rings. The van der Waals surface area contributed by atoms with Crippen LogP contribution in [0, 0.1) is 5.82 Å². The van der Waals surface area contributed by atoms with E-state index in [1.54, 1.807) is 18.3 Å². The van der Waals surface area contributed by atoms with Gasteiger partial charge in [-0.05, 0) is 54.4 Å². The minimum Gasteiger partial charge on any atom is -0.360 e. The van der Waals surface area contributed by atoms with Gasteiger partial charge in [-0.1, -0.05) is 30.3 Å². The molecule has 3 aromatic carbocycles. The highest BCUT2D eigenvalue weighted by Crippen LogP contribution is 2.24. The third-order valence-corrected chi connectivity index (χ3v) is 6.50. The summed E-state index contributed by atoms with van der Waals surface area (Å²) >= 11 is 0. The normalized spacial score (nSPS) is 14.0. The van der Waals surface area contributed by atoms with Crippen molar-refractivity contribution < 1.29 is 14.0 Å². The Morgan fingerprint density at radius 3 is 2.26 bits per heavy atom. The first-order chi connectivity index (χ1) is 16.6. The molecule has 0 bridgehead atoms. The van der Waals surface area contributed by atoms with Crippen LogP contribution in [-0.2, 0) is 6.42 Å². The largest absolute Gasteiger partial charge is 0.360 e. The van der Waals surface area contributed by atoms with Gasteiger partial charge in [-0.3, -0.25) is 14.5 Å². The Hall–Kier alpha value is -3.48. The second-order valence-corrected chi connectivity index (χ2v) is 8.67. The van der Waals surface area contributed by atoms with E-state index in [4.69, 9.17) is 0 Å². The number of hydrogen-bond acceptors (Lipinski definition) is 3. The molecule has 1 fully saturated rings. The fraction of sp³-hybridized carbons (Fsp3) is 0.214. The highest BCUT2D eigenvalue weighted by atomic mass is 35.5. The highest BCUT2D eigenvalue weighted by molar-refractivity contribution is 6.17. The van der Waals surface area contributed by atoms with Crippen molar-refractivity contribution in [3.05, 3.63) is 107 Å². The van der Waals surface area contributed by atoms with E-state index in [0.29, 0.717) is 35.2 Å². The van der Waals surface area contributed by atoms with Crippen LogP contribution in [0.1, 0.15) is 31.8 Å². The second kappa shape index (κ2) is 10.8. The van der Waals surface area contributed by atoms with Gasteiger partial charge < -0.3 is 9.88 Å². The summed E-state index contributed by atoms with van der Waals surface area (Å²) < 4.78 is 13.2. The second-order valence-electron chi connectivity index (χ2n) is 8.67. The van der Waals surface area contributed by atoms with Crippen LogP contribution < -0.4 is 0 Å². The molecule has 2 heterocycles. The lowest BCUT2D eigenvalue weighted by molar-refractivity contribution is 0.0638. The molecular weight excluding hydrogens is 465 g/mol. The first-order valence-corrected chi connectivity index (χ1v) is 11.6. The molecule has 180 valence electrons. The summed E-state index contributed by atoms with van der Waals surface area (Å²) in [5, 5.41) is 0.696. The fourth-order valence-corrected chi connectivity index (χ4v) is 4.49. The number of halogens is 2. The molecule has 1 aromatic heterocycles. The maximum Gasteiger partial charge on any atom is 0.253 e. The predicted octanol–water partition coefficient (Wildman–Crippen LogP) is 4.96. The molecule has 0 atom stereocenters. The number of nitrogens with zero attached hydrogens (tertiary/aromatic N) is 2. The number of piperazine rings is 1. The molecule has 1 aliphatic rings. The van der Waals surface area contributed by atoms with Gasteiger partial charge in [0.15, 0.2) is 5.78 Å². The SMILES string of the molecule is Cl.O=C(c1ccc(F)cc1)c1c[nH]c2ccc(C(=O)N3CCN(CCc4ccccc4)CC3)cc12. The number of aromatic nitrogens is 1. The van der Waals surface area contributed by atoms with Gasteiger partial charge in [0.25, 0.3) is 5.91 Å². The maximum absolute atomic E-state index is 13.2. The summed E-state index contributed by atoms with van der Waals surface area (Å²) in [6.07, 6.45) is 2.65. The van der Waals surface area contributed by atoms with E-state index in [1.807, 2.05) is 17.0 Å². The lowest BCUT2D eigenvalue weighted by Gasteiger charge is -2.34. The summed E-state index contributed by atoms with van der Waals surface area (Å²) in [6, 6.07) is 21.4. The van der Waals surface area contributed by atoms with E-state index in [0.717, 1.165) is 31.6 Å². The summed E-state index contributed by atoms with van der Waals surface area (Å²) in [4.78, 5) is 33.6. The third-order valence-electron chi connectivity index (χ3n) is 6.50. The Morgan fingerprint density at radius 1 is 0.857 bits per heavy atom. The Bertz CT molecular complexity index is 1310. The lowest BCUT2D eigenvalue weighted by Crippen LogP contribution is -2.49. The predicted molar refractivity (Wildman–Crippen MR) is 138 cm³/mol. The van der Waals surface area contributed by atoms with Gasteiger partial charge in [0.1, 0.15) is 5.82 Å². The van der Waals surface area contributed by atoms with Gasteiger partial charge in [-0.2, -0.15) is 0 Å². The molecule has 0 unspecified atom stereocenters. The van der Waals surface area contributed by atoms with E-state index < -0.39 is 0 Å². The van der Waals surface area contributed by atoms with E-state index in [9.17, 15) is 14.0 Å². The molecule has 35 heavy (non-hydrogen) atoms. The van der Waals surface area contributed by atoms with Crippen molar-refractivity contribution in [1.82, 2.24) is 14.8 Å². The average molecular weight is 492 g/mol. The standard InChI is InChI=1S/C28H26FN3O2.ClH/c29-23-9-6-21(7-10-23)27(33)25-19-30-26-11-8-22(18-24(25)26)28(34)32-16-14-31(15-17-32)13-12-20-4-2-1-3-5-20;/h1-11,18-19,30H,12-17H2;1H. The molecule has 7 heteroatoms. The smallest absolute Gasteiger partial charge is 0.253 e.